The van der Waals surface area contributed by atoms with Crippen LogP contribution >= 0.6 is 0 Å². The van der Waals surface area contributed by atoms with Crippen molar-refractivity contribution in [2.75, 3.05) is 25.1 Å². The monoisotopic (exact) mass is 558 g/mol. The lowest BCUT2D eigenvalue weighted by atomic mass is 9.93. The van der Waals surface area contributed by atoms with Crippen molar-refractivity contribution >= 4 is 35.4 Å². The van der Waals surface area contributed by atoms with E-state index in [0.717, 1.165) is 0 Å². The van der Waals surface area contributed by atoms with E-state index in [1.807, 2.05) is 13.8 Å². The van der Waals surface area contributed by atoms with Gasteiger partial charge in [0.25, 0.3) is 11.8 Å². The van der Waals surface area contributed by atoms with E-state index in [0.29, 0.717) is 40.0 Å². The van der Waals surface area contributed by atoms with Gasteiger partial charge < -0.3 is 25.8 Å². The smallest absolute Gasteiger partial charge is 0.435 e. The highest BCUT2D eigenvalue weighted by Gasteiger charge is 2.21. The van der Waals surface area contributed by atoms with E-state index in [-0.39, 0.29) is 36.4 Å². The summed E-state index contributed by atoms with van der Waals surface area (Å²) in [5, 5.41) is 5.68. The molecule has 0 aliphatic rings. The molecule has 3 rings (SSSR count). The van der Waals surface area contributed by atoms with Gasteiger partial charge in [0.2, 0.25) is 0 Å². The summed E-state index contributed by atoms with van der Waals surface area (Å²) in [4.78, 5) is 54.2. The Morgan fingerprint density at radius 2 is 1.44 bits per heavy atom. The molecule has 0 spiro atoms. The van der Waals surface area contributed by atoms with Gasteiger partial charge in [-0.2, -0.15) is 4.99 Å². The Labute approximate surface area is 238 Å². The predicted molar refractivity (Wildman–Crippen MR) is 157 cm³/mol. The van der Waals surface area contributed by atoms with Gasteiger partial charge in [-0.25, -0.2) is 9.59 Å². The van der Waals surface area contributed by atoms with Gasteiger partial charge >= 0.3 is 12.1 Å². The number of nitrogens with one attached hydrogen (secondary N) is 2. The van der Waals surface area contributed by atoms with Crippen LogP contribution in [0.1, 0.15) is 64.3 Å². The predicted octanol–water partition coefficient (Wildman–Crippen LogP) is 5.03. The van der Waals surface area contributed by atoms with Gasteiger partial charge in [0.05, 0.1) is 18.8 Å². The SMILES string of the molecule is CCOC(=O)N=C(N)c1ccc(NC(=O)c2ccccc2-c2ccc(C(=O)NCC(C)C)cc2C(=O)OCC)cc1. The van der Waals surface area contributed by atoms with Crippen LogP contribution in [0.3, 0.4) is 0 Å². The summed E-state index contributed by atoms with van der Waals surface area (Å²) in [6.45, 7) is 8.15. The third-order valence-corrected chi connectivity index (χ3v) is 5.83. The second kappa shape index (κ2) is 14.4. The van der Waals surface area contributed by atoms with Crippen molar-refractivity contribution in [2.45, 2.75) is 27.7 Å². The van der Waals surface area contributed by atoms with E-state index in [4.69, 9.17) is 15.2 Å². The van der Waals surface area contributed by atoms with E-state index in [1.54, 1.807) is 74.5 Å². The van der Waals surface area contributed by atoms with Crippen molar-refractivity contribution < 1.29 is 28.7 Å². The first-order chi connectivity index (χ1) is 19.6. The number of anilines is 1. The molecule has 3 aromatic carbocycles. The Hall–Kier alpha value is -4.99. The number of amidine groups is 1. The topological polar surface area (TPSA) is 149 Å². The lowest BCUT2D eigenvalue weighted by molar-refractivity contribution is 0.0527. The summed E-state index contributed by atoms with van der Waals surface area (Å²) < 4.78 is 10.0. The number of rotatable bonds is 10. The average molecular weight is 559 g/mol. The fourth-order valence-corrected chi connectivity index (χ4v) is 3.85. The molecule has 10 heteroatoms. The van der Waals surface area contributed by atoms with Crippen molar-refractivity contribution in [3.8, 4) is 11.1 Å². The molecule has 0 aromatic heterocycles. The maximum atomic E-state index is 13.4. The number of carbonyl (C=O) groups is 4. The van der Waals surface area contributed by atoms with Gasteiger partial charge in [-0.1, -0.05) is 38.1 Å². The first-order valence-electron chi connectivity index (χ1n) is 13.3. The molecule has 3 aromatic rings. The average Bonchev–Trinajstić information content (AvgIpc) is 2.96. The van der Waals surface area contributed by atoms with Crippen molar-refractivity contribution in [2.24, 2.45) is 16.6 Å². The number of benzene rings is 3. The minimum Gasteiger partial charge on any atom is -0.462 e. The maximum Gasteiger partial charge on any atom is 0.435 e. The molecular weight excluding hydrogens is 524 g/mol. The number of nitrogens with zero attached hydrogens (tertiary/aromatic N) is 1. The van der Waals surface area contributed by atoms with Crippen molar-refractivity contribution in [1.29, 1.82) is 0 Å². The second-order valence-electron chi connectivity index (χ2n) is 9.36. The number of esters is 1. The lowest BCUT2D eigenvalue weighted by Gasteiger charge is -2.15. The number of hydrogen-bond acceptors (Lipinski definition) is 6. The molecule has 3 amide bonds. The van der Waals surface area contributed by atoms with E-state index in [9.17, 15) is 19.2 Å². The van der Waals surface area contributed by atoms with Gasteiger partial charge in [0, 0.05) is 28.9 Å². The maximum absolute atomic E-state index is 13.4. The number of aliphatic imine (C=N–C) groups is 1. The fraction of sp³-hybridized carbons (Fsp3) is 0.258. The molecular formula is C31H34N4O6. The molecule has 0 aliphatic heterocycles. The molecule has 4 N–H and O–H groups in total. The number of amides is 3. The minimum atomic E-state index is -0.787. The highest BCUT2D eigenvalue weighted by atomic mass is 16.5. The molecule has 0 bridgehead atoms. The van der Waals surface area contributed by atoms with Gasteiger partial charge in [-0.15, -0.1) is 0 Å². The third kappa shape index (κ3) is 8.25. The van der Waals surface area contributed by atoms with Crippen molar-refractivity contribution in [3.63, 3.8) is 0 Å². The summed E-state index contributed by atoms with van der Waals surface area (Å²) >= 11 is 0. The number of carbonyl (C=O) groups excluding carboxylic acids is 4. The molecule has 41 heavy (non-hydrogen) atoms. The summed E-state index contributed by atoms with van der Waals surface area (Å²) in [5.41, 5.74) is 8.56. The molecule has 0 radical (unpaired) electrons. The van der Waals surface area contributed by atoms with Crippen LogP contribution in [-0.2, 0) is 9.47 Å². The molecule has 0 unspecified atom stereocenters. The standard InChI is InChI=1S/C31H34N4O6/c1-5-40-30(38)26-17-21(28(36)33-18-19(3)4)13-16-24(26)23-9-7-8-10-25(23)29(37)34-22-14-11-20(12-15-22)27(32)35-31(39)41-6-2/h7-17,19H,5-6,18H2,1-4H3,(H,33,36)(H,34,37)(H2,32,35,39). The summed E-state index contributed by atoms with van der Waals surface area (Å²) in [6.07, 6.45) is -0.787. The number of ether oxygens (including phenoxy) is 2. The zero-order chi connectivity index (χ0) is 29.9. The van der Waals surface area contributed by atoms with Gasteiger partial charge in [0.1, 0.15) is 5.84 Å². The van der Waals surface area contributed by atoms with Crippen LogP contribution in [-0.4, -0.2) is 49.5 Å². The molecule has 0 heterocycles. The quantitative estimate of drug-likeness (QED) is 0.179. The Balaban J connectivity index is 1.91. The van der Waals surface area contributed by atoms with E-state index in [2.05, 4.69) is 15.6 Å². The molecule has 0 saturated carbocycles. The van der Waals surface area contributed by atoms with Gasteiger partial charge in [-0.05, 0) is 73.4 Å². The van der Waals surface area contributed by atoms with Crippen molar-refractivity contribution in [3.05, 3.63) is 89.0 Å². The normalized spacial score (nSPS) is 11.1. The number of hydrogen-bond donors (Lipinski definition) is 3. The zero-order valence-corrected chi connectivity index (χ0v) is 23.5. The van der Waals surface area contributed by atoms with Crippen LogP contribution in [0.15, 0.2) is 71.7 Å². The van der Waals surface area contributed by atoms with Crippen LogP contribution < -0.4 is 16.4 Å². The molecule has 214 valence electrons. The first kappa shape index (κ1) is 30.6. The Kier molecular flexibility index (Phi) is 10.7. The van der Waals surface area contributed by atoms with Gasteiger partial charge in [-0.3, -0.25) is 9.59 Å². The van der Waals surface area contributed by atoms with Crippen LogP contribution in [0.25, 0.3) is 11.1 Å². The zero-order valence-electron chi connectivity index (χ0n) is 23.5. The van der Waals surface area contributed by atoms with E-state index < -0.39 is 18.0 Å². The summed E-state index contributed by atoms with van der Waals surface area (Å²) in [6, 6.07) is 18.0. The molecule has 0 atom stereocenters. The first-order valence-corrected chi connectivity index (χ1v) is 13.3. The lowest BCUT2D eigenvalue weighted by Crippen LogP contribution is -2.27. The summed E-state index contributed by atoms with van der Waals surface area (Å²) in [5.74, 6) is -1.08. The molecule has 0 aliphatic carbocycles. The van der Waals surface area contributed by atoms with Crippen molar-refractivity contribution in [1.82, 2.24) is 5.32 Å². The third-order valence-electron chi connectivity index (χ3n) is 5.83. The minimum absolute atomic E-state index is 0.0144. The number of nitrogens with two attached hydrogens (primary N) is 1. The Bertz CT molecular complexity index is 1450. The van der Waals surface area contributed by atoms with Crippen LogP contribution in [0.4, 0.5) is 10.5 Å². The summed E-state index contributed by atoms with van der Waals surface area (Å²) in [7, 11) is 0. The van der Waals surface area contributed by atoms with E-state index >= 15 is 0 Å². The molecule has 0 fully saturated rings. The molecule has 10 nitrogen and oxygen atoms in total. The highest BCUT2D eigenvalue weighted by Crippen LogP contribution is 2.30. The fourth-order valence-electron chi connectivity index (χ4n) is 3.85. The van der Waals surface area contributed by atoms with Crippen LogP contribution in [0, 0.1) is 5.92 Å². The second-order valence-corrected chi connectivity index (χ2v) is 9.36. The van der Waals surface area contributed by atoms with Crippen LogP contribution in [0.5, 0.6) is 0 Å². The highest BCUT2D eigenvalue weighted by molar-refractivity contribution is 6.11. The van der Waals surface area contributed by atoms with Gasteiger partial charge in [0.15, 0.2) is 0 Å². The Morgan fingerprint density at radius 3 is 2.10 bits per heavy atom. The Morgan fingerprint density at radius 1 is 0.805 bits per heavy atom. The molecule has 0 saturated heterocycles. The van der Waals surface area contributed by atoms with Crippen LogP contribution in [0.2, 0.25) is 0 Å². The van der Waals surface area contributed by atoms with E-state index in [1.165, 1.54) is 6.07 Å². The largest absolute Gasteiger partial charge is 0.462 e.